The first kappa shape index (κ1) is 19.9. The van der Waals surface area contributed by atoms with Gasteiger partial charge in [0.2, 0.25) is 0 Å². The van der Waals surface area contributed by atoms with Gasteiger partial charge < -0.3 is 24.3 Å². The van der Waals surface area contributed by atoms with Gasteiger partial charge in [0.05, 0.1) is 33.5 Å². The van der Waals surface area contributed by atoms with Crippen LogP contribution in [-0.2, 0) is 0 Å². The van der Waals surface area contributed by atoms with Crippen molar-refractivity contribution in [2.24, 2.45) is 5.92 Å². The number of hydrogen-bond donors (Lipinski definition) is 1. The molecule has 1 amide bonds. The summed E-state index contributed by atoms with van der Waals surface area (Å²) in [6.07, 6.45) is 0.855. The van der Waals surface area contributed by atoms with Crippen LogP contribution in [0.1, 0.15) is 42.2 Å². The van der Waals surface area contributed by atoms with Crippen LogP contribution in [0.5, 0.6) is 23.0 Å². The van der Waals surface area contributed by atoms with Gasteiger partial charge in [0.15, 0.2) is 23.0 Å². The number of carbonyl (C=O) groups excluding carboxylic acids is 1. The second-order valence-corrected chi connectivity index (χ2v) is 7.02. The fourth-order valence-electron chi connectivity index (χ4n) is 3.21. The van der Waals surface area contributed by atoms with Gasteiger partial charge in [-0.1, -0.05) is 19.9 Å². The number of ether oxygens (including phenoxy) is 4. The molecule has 1 heterocycles. The Bertz CT molecular complexity index is 834. The van der Waals surface area contributed by atoms with Gasteiger partial charge in [-0.15, -0.1) is 0 Å². The maximum atomic E-state index is 12.9. The van der Waals surface area contributed by atoms with Gasteiger partial charge >= 0.3 is 0 Å². The number of hydrogen-bond acceptors (Lipinski definition) is 5. The van der Waals surface area contributed by atoms with Gasteiger partial charge in [-0.3, -0.25) is 4.79 Å². The molecule has 2 aromatic rings. The molecule has 28 heavy (non-hydrogen) atoms. The first-order valence-electron chi connectivity index (χ1n) is 9.46. The first-order chi connectivity index (χ1) is 13.5. The van der Waals surface area contributed by atoms with Crippen LogP contribution in [0.3, 0.4) is 0 Å². The van der Waals surface area contributed by atoms with Crippen LogP contribution in [0, 0.1) is 5.92 Å². The van der Waals surface area contributed by atoms with Crippen LogP contribution in [-0.4, -0.2) is 33.3 Å². The lowest BCUT2D eigenvalue weighted by atomic mass is 9.95. The summed E-state index contributed by atoms with van der Waals surface area (Å²) in [4.78, 5) is 12.9. The minimum Gasteiger partial charge on any atom is -0.493 e. The van der Waals surface area contributed by atoms with Gasteiger partial charge in [-0.25, -0.2) is 0 Å². The minimum absolute atomic E-state index is 0.169. The second-order valence-electron chi connectivity index (χ2n) is 7.02. The number of methoxy groups -OCH3 is 2. The zero-order chi connectivity index (χ0) is 20.1. The molecule has 0 unspecified atom stereocenters. The predicted octanol–water partition coefficient (Wildman–Crippen LogP) is 3.99. The highest BCUT2D eigenvalue weighted by Crippen LogP contribution is 2.34. The number of fused-ring (bicyclic) bond motifs is 1. The van der Waals surface area contributed by atoms with E-state index in [1.54, 1.807) is 32.4 Å². The van der Waals surface area contributed by atoms with Gasteiger partial charge in [0.1, 0.15) is 0 Å². The summed E-state index contributed by atoms with van der Waals surface area (Å²) in [6.45, 7) is 5.42. The third-order valence-corrected chi connectivity index (χ3v) is 4.73. The van der Waals surface area contributed by atoms with E-state index in [0.29, 0.717) is 30.3 Å². The van der Waals surface area contributed by atoms with Crippen molar-refractivity contribution < 1.29 is 23.7 Å². The molecule has 0 fully saturated rings. The monoisotopic (exact) mass is 385 g/mol. The third kappa shape index (κ3) is 4.32. The number of benzene rings is 2. The van der Waals surface area contributed by atoms with Gasteiger partial charge in [0.25, 0.3) is 5.91 Å². The average molecular weight is 385 g/mol. The SMILES string of the molecule is COc1ccc(C(=O)N[C@@H](c2ccc3c(c2)OCCCO3)C(C)C)cc1OC. The molecule has 150 valence electrons. The molecule has 2 aromatic carbocycles. The summed E-state index contributed by atoms with van der Waals surface area (Å²) in [5.41, 5.74) is 1.49. The van der Waals surface area contributed by atoms with E-state index in [2.05, 4.69) is 19.2 Å². The molecule has 6 heteroatoms. The Morgan fingerprint density at radius 1 is 0.964 bits per heavy atom. The Morgan fingerprint density at radius 3 is 2.36 bits per heavy atom. The topological polar surface area (TPSA) is 66.0 Å². The number of amides is 1. The Kier molecular flexibility index (Phi) is 6.29. The van der Waals surface area contributed by atoms with E-state index in [9.17, 15) is 4.79 Å². The molecule has 1 N–H and O–H groups in total. The fraction of sp³-hybridized carbons (Fsp3) is 0.409. The largest absolute Gasteiger partial charge is 0.493 e. The maximum absolute atomic E-state index is 12.9. The molecule has 0 aliphatic carbocycles. The molecule has 6 nitrogen and oxygen atoms in total. The van der Waals surface area contributed by atoms with E-state index in [4.69, 9.17) is 18.9 Å². The quantitative estimate of drug-likeness (QED) is 0.814. The summed E-state index contributed by atoms with van der Waals surface area (Å²) < 4.78 is 22.0. The standard InChI is InChI=1S/C22H27NO5/c1-14(2)21(15-6-9-18-20(12-15)28-11-5-10-27-18)23-22(24)16-7-8-17(25-3)19(13-16)26-4/h6-9,12-14,21H,5,10-11H2,1-4H3,(H,23,24)/t21-/m1/s1. The Morgan fingerprint density at radius 2 is 1.68 bits per heavy atom. The number of rotatable bonds is 6. The summed E-state index contributed by atoms with van der Waals surface area (Å²) in [6, 6.07) is 10.8. The molecule has 3 rings (SSSR count). The van der Waals surface area contributed by atoms with E-state index < -0.39 is 0 Å². The molecule has 1 atom stereocenters. The highest BCUT2D eigenvalue weighted by molar-refractivity contribution is 5.95. The highest BCUT2D eigenvalue weighted by atomic mass is 16.5. The normalized spacial score (nSPS) is 14.2. The Labute approximate surface area is 165 Å². The Balaban J connectivity index is 1.83. The van der Waals surface area contributed by atoms with Gasteiger partial charge in [-0.05, 0) is 41.8 Å². The molecule has 0 radical (unpaired) electrons. The van der Waals surface area contributed by atoms with E-state index in [1.165, 1.54) is 0 Å². The van der Waals surface area contributed by atoms with Crippen LogP contribution in [0.2, 0.25) is 0 Å². The van der Waals surface area contributed by atoms with Crippen LogP contribution in [0.25, 0.3) is 0 Å². The molecule has 0 spiro atoms. The van der Waals surface area contributed by atoms with E-state index in [-0.39, 0.29) is 17.9 Å². The average Bonchev–Trinajstić information content (AvgIpc) is 2.95. The summed E-state index contributed by atoms with van der Waals surface area (Å²) in [5, 5.41) is 3.13. The van der Waals surface area contributed by atoms with Gasteiger partial charge in [-0.2, -0.15) is 0 Å². The van der Waals surface area contributed by atoms with Crippen LogP contribution in [0.15, 0.2) is 36.4 Å². The lowest BCUT2D eigenvalue weighted by Gasteiger charge is -2.24. The molecule has 1 aliphatic heterocycles. The van der Waals surface area contributed by atoms with Crippen molar-refractivity contribution in [1.82, 2.24) is 5.32 Å². The predicted molar refractivity (Wildman–Crippen MR) is 107 cm³/mol. The van der Waals surface area contributed by atoms with Crippen molar-refractivity contribution in [2.45, 2.75) is 26.3 Å². The van der Waals surface area contributed by atoms with Crippen molar-refractivity contribution in [3.63, 3.8) is 0 Å². The van der Waals surface area contributed by atoms with E-state index in [0.717, 1.165) is 23.5 Å². The Hall–Kier alpha value is -2.89. The molecule has 0 saturated carbocycles. The van der Waals surface area contributed by atoms with Crippen LogP contribution in [0.4, 0.5) is 0 Å². The van der Waals surface area contributed by atoms with E-state index >= 15 is 0 Å². The molecular weight excluding hydrogens is 358 g/mol. The molecule has 0 aromatic heterocycles. The molecular formula is C22H27NO5. The van der Waals surface area contributed by atoms with Crippen molar-refractivity contribution in [3.8, 4) is 23.0 Å². The number of carbonyl (C=O) groups is 1. The zero-order valence-corrected chi connectivity index (χ0v) is 16.8. The highest BCUT2D eigenvalue weighted by Gasteiger charge is 2.22. The first-order valence-corrected chi connectivity index (χ1v) is 9.46. The maximum Gasteiger partial charge on any atom is 0.251 e. The van der Waals surface area contributed by atoms with Crippen LogP contribution < -0.4 is 24.3 Å². The summed E-state index contributed by atoms with van der Waals surface area (Å²) in [7, 11) is 3.12. The van der Waals surface area contributed by atoms with E-state index in [1.807, 2.05) is 18.2 Å². The van der Waals surface area contributed by atoms with Crippen molar-refractivity contribution in [3.05, 3.63) is 47.5 Å². The zero-order valence-electron chi connectivity index (χ0n) is 16.8. The second kappa shape index (κ2) is 8.87. The minimum atomic E-state index is -0.174. The molecule has 1 aliphatic rings. The fourth-order valence-corrected chi connectivity index (χ4v) is 3.21. The van der Waals surface area contributed by atoms with Gasteiger partial charge in [0, 0.05) is 12.0 Å². The van der Waals surface area contributed by atoms with Crippen molar-refractivity contribution in [2.75, 3.05) is 27.4 Å². The lowest BCUT2D eigenvalue weighted by Crippen LogP contribution is -2.31. The number of nitrogens with one attached hydrogen (secondary N) is 1. The summed E-state index contributed by atoms with van der Waals surface area (Å²) >= 11 is 0. The third-order valence-electron chi connectivity index (χ3n) is 4.73. The van der Waals surface area contributed by atoms with Crippen molar-refractivity contribution in [1.29, 1.82) is 0 Å². The summed E-state index contributed by atoms with van der Waals surface area (Å²) in [5.74, 6) is 2.59. The lowest BCUT2D eigenvalue weighted by molar-refractivity contribution is 0.0925. The molecule has 0 bridgehead atoms. The molecule has 0 saturated heterocycles. The van der Waals surface area contributed by atoms with Crippen LogP contribution >= 0.6 is 0 Å². The van der Waals surface area contributed by atoms with Crippen molar-refractivity contribution >= 4 is 5.91 Å². The smallest absolute Gasteiger partial charge is 0.251 e.